The van der Waals surface area contributed by atoms with E-state index in [1.54, 1.807) is 0 Å². The van der Waals surface area contributed by atoms with Crippen LogP contribution >= 0.6 is 0 Å². The molecular weight excluding hydrogens is 200 g/mol. The van der Waals surface area contributed by atoms with Crippen LogP contribution in [-0.4, -0.2) is 37.7 Å². The SMILES string of the molecule is CC(N)(CN1CCOCC1)c1ccccc1. The van der Waals surface area contributed by atoms with Crippen LogP contribution < -0.4 is 5.73 Å². The lowest BCUT2D eigenvalue weighted by atomic mass is 9.92. The molecule has 0 aliphatic carbocycles. The molecule has 1 atom stereocenters. The Morgan fingerprint density at radius 1 is 1.25 bits per heavy atom. The largest absolute Gasteiger partial charge is 0.379 e. The average molecular weight is 220 g/mol. The quantitative estimate of drug-likeness (QED) is 0.831. The van der Waals surface area contributed by atoms with Gasteiger partial charge in [-0.05, 0) is 12.5 Å². The molecular formula is C13H20N2O. The molecule has 0 amide bonds. The molecule has 2 rings (SSSR count). The summed E-state index contributed by atoms with van der Waals surface area (Å²) < 4.78 is 5.34. The van der Waals surface area contributed by atoms with Crippen molar-refractivity contribution in [2.45, 2.75) is 12.5 Å². The van der Waals surface area contributed by atoms with E-state index in [9.17, 15) is 0 Å². The van der Waals surface area contributed by atoms with E-state index in [1.165, 1.54) is 5.56 Å². The first kappa shape index (κ1) is 11.6. The number of ether oxygens (including phenoxy) is 1. The van der Waals surface area contributed by atoms with Gasteiger partial charge >= 0.3 is 0 Å². The molecule has 16 heavy (non-hydrogen) atoms. The summed E-state index contributed by atoms with van der Waals surface area (Å²) in [6.45, 7) is 6.60. The maximum absolute atomic E-state index is 6.39. The van der Waals surface area contributed by atoms with Crippen molar-refractivity contribution in [1.82, 2.24) is 4.90 Å². The fraction of sp³-hybridized carbons (Fsp3) is 0.538. The molecule has 1 aromatic rings. The third-order valence-electron chi connectivity index (χ3n) is 3.09. The van der Waals surface area contributed by atoms with Crippen LogP contribution in [0.15, 0.2) is 30.3 Å². The Morgan fingerprint density at radius 3 is 2.50 bits per heavy atom. The van der Waals surface area contributed by atoms with Gasteiger partial charge in [-0.3, -0.25) is 4.90 Å². The number of rotatable bonds is 3. The average Bonchev–Trinajstić information content (AvgIpc) is 2.31. The second kappa shape index (κ2) is 4.95. The van der Waals surface area contributed by atoms with Crippen LogP contribution in [0.5, 0.6) is 0 Å². The van der Waals surface area contributed by atoms with Crippen LogP contribution in [0.4, 0.5) is 0 Å². The highest BCUT2D eigenvalue weighted by Gasteiger charge is 2.25. The highest BCUT2D eigenvalue weighted by molar-refractivity contribution is 5.23. The van der Waals surface area contributed by atoms with Gasteiger partial charge in [0.15, 0.2) is 0 Å². The fourth-order valence-electron chi connectivity index (χ4n) is 2.13. The molecule has 88 valence electrons. The number of hydrogen-bond donors (Lipinski definition) is 1. The van der Waals surface area contributed by atoms with Crippen molar-refractivity contribution in [3.05, 3.63) is 35.9 Å². The predicted molar refractivity (Wildman–Crippen MR) is 65.2 cm³/mol. The third kappa shape index (κ3) is 2.82. The summed E-state index contributed by atoms with van der Waals surface area (Å²) in [6.07, 6.45) is 0. The molecule has 1 unspecified atom stereocenters. The Kier molecular flexibility index (Phi) is 3.59. The Bertz CT molecular complexity index is 318. The van der Waals surface area contributed by atoms with Gasteiger partial charge in [0.1, 0.15) is 0 Å². The first-order valence-electron chi connectivity index (χ1n) is 5.83. The maximum atomic E-state index is 6.39. The number of nitrogens with zero attached hydrogens (tertiary/aromatic N) is 1. The molecule has 0 bridgehead atoms. The van der Waals surface area contributed by atoms with E-state index in [2.05, 4.69) is 24.0 Å². The summed E-state index contributed by atoms with van der Waals surface area (Å²) in [7, 11) is 0. The lowest BCUT2D eigenvalue weighted by Gasteiger charge is -2.35. The molecule has 0 spiro atoms. The van der Waals surface area contributed by atoms with E-state index < -0.39 is 0 Å². The van der Waals surface area contributed by atoms with E-state index in [0.29, 0.717) is 0 Å². The molecule has 1 heterocycles. The van der Waals surface area contributed by atoms with Gasteiger partial charge in [0, 0.05) is 19.6 Å². The molecule has 0 aromatic heterocycles. The topological polar surface area (TPSA) is 38.5 Å². The molecule has 3 heteroatoms. The summed E-state index contributed by atoms with van der Waals surface area (Å²) in [4.78, 5) is 2.37. The number of nitrogens with two attached hydrogens (primary N) is 1. The summed E-state index contributed by atoms with van der Waals surface area (Å²) in [6, 6.07) is 10.3. The number of morpholine rings is 1. The Labute approximate surface area is 97.2 Å². The molecule has 1 aromatic carbocycles. The highest BCUT2D eigenvalue weighted by atomic mass is 16.5. The zero-order valence-corrected chi connectivity index (χ0v) is 9.86. The van der Waals surface area contributed by atoms with Crippen LogP contribution in [0.25, 0.3) is 0 Å². The van der Waals surface area contributed by atoms with Gasteiger partial charge in [0.25, 0.3) is 0 Å². The van der Waals surface area contributed by atoms with Crippen LogP contribution in [0.2, 0.25) is 0 Å². The second-order valence-corrected chi connectivity index (χ2v) is 4.67. The van der Waals surface area contributed by atoms with Gasteiger partial charge in [0.05, 0.1) is 18.8 Å². The maximum Gasteiger partial charge on any atom is 0.0594 e. The van der Waals surface area contributed by atoms with Crippen molar-refractivity contribution < 1.29 is 4.74 Å². The first-order chi connectivity index (χ1) is 7.68. The smallest absolute Gasteiger partial charge is 0.0594 e. The minimum atomic E-state index is -0.279. The monoisotopic (exact) mass is 220 g/mol. The van der Waals surface area contributed by atoms with Crippen LogP contribution in [0.1, 0.15) is 12.5 Å². The zero-order valence-electron chi connectivity index (χ0n) is 9.86. The second-order valence-electron chi connectivity index (χ2n) is 4.67. The van der Waals surface area contributed by atoms with Crippen molar-refractivity contribution in [2.75, 3.05) is 32.8 Å². The molecule has 1 aliphatic heterocycles. The number of benzene rings is 1. The normalized spacial score (nSPS) is 21.6. The predicted octanol–water partition coefficient (Wildman–Crippen LogP) is 1.19. The highest BCUT2D eigenvalue weighted by Crippen LogP contribution is 2.19. The molecule has 2 N–H and O–H groups in total. The van der Waals surface area contributed by atoms with Crippen molar-refractivity contribution in [1.29, 1.82) is 0 Å². The minimum Gasteiger partial charge on any atom is -0.379 e. The Balaban J connectivity index is 2.01. The summed E-state index contributed by atoms with van der Waals surface area (Å²) >= 11 is 0. The summed E-state index contributed by atoms with van der Waals surface area (Å²) in [5.74, 6) is 0. The first-order valence-corrected chi connectivity index (χ1v) is 5.83. The van der Waals surface area contributed by atoms with Gasteiger partial charge in [-0.25, -0.2) is 0 Å². The molecule has 3 nitrogen and oxygen atoms in total. The van der Waals surface area contributed by atoms with Crippen LogP contribution in [-0.2, 0) is 10.3 Å². The Morgan fingerprint density at radius 2 is 1.88 bits per heavy atom. The Hall–Kier alpha value is -0.900. The zero-order chi connectivity index (χ0) is 11.4. The lowest BCUT2D eigenvalue weighted by Crippen LogP contribution is -2.49. The standard InChI is InChI=1S/C13H20N2O/c1-13(14,12-5-3-2-4-6-12)11-15-7-9-16-10-8-15/h2-6H,7-11,14H2,1H3. The van der Waals surface area contributed by atoms with Gasteiger partial charge < -0.3 is 10.5 Å². The molecule has 0 radical (unpaired) electrons. The van der Waals surface area contributed by atoms with Crippen molar-refractivity contribution in [2.24, 2.45) is 5.73 Å². The molecule has 0 saturated carbocycles. The summed E-state index contributed by atoms with van der Waals surface area (Å²) in [5, 5.41) is 0. The fourth-order valence-corrected chi connectivity index (χ4v) is 2.13. The van der Waals surface area contributed by atoms with E-state index in [1.807, 2.05) is 18.2 Å². The van der Waals surface area contributed by atoms with Crippen molar-refractivity contribution >= 4 is 0 Å². The molecule has 1 fully saturated rings. The van der Waals surface area contributed by atoms with Gasteiger partial charge in [-0.15, -0.1) is 0 Å². The third-order valence-corrected chi connectivity index (χ3v) is 3.09. The van der Waals surface area contributed by atoms with E-state index in [4.69, 9.17) is 10.5 Å². The van der Waals surface area contributed by atoms with Gasteiger partial charge in [-0.1, -0.05) is 30.3 Å². The number of hydrogen-bond acceptors (Lipinski definition) is 3. The summed E-state index contributed by atoms with van der Waals surface area (Å²) in [5.41, 5.74) is 7.30. The van der Waals surface area contributed by atoms with E-state index in [0.717, 1.165) is 32.8 Å². The van der Waals surface area contributed by atoms with Crippen molar-refractivity contribution in [3.63, 3.8) is 0 Å². The van der Waals surface area contributed by atoms with Gasteiger partial charge in [0.2, 0.25) is 0 Å². The lowest BCUT2D eigenvalue weighted by molar-refractivity contribution is 0.0286. The molecule has 1 saturated heterocycles. The van der Waals surface area contributed by atoms with Crippen LogP contribution in [0, 0.1) is 0 Å². The van der Waals surface area contributed by atoms with Gasteiger partial charge in [-0.2, -0.15) is 0 Å². The minimum absolute atomic E-state index is 0.279. The van der Waals surface area contributed by atoms with Crippen molar-refractivity contribution in [3.8, 4) is 0 Å². The van der Waals surface area contributed by atoms with E-state index in [-0.39, 0.29) is 5.54 Å². The molecule has 1 aliphatic rings. The van der Waals surface area contributed by atoms with E-state index >= 15 is 0 Å². The van der Waals surface area contributed by atoms with Crippen LogP contribution in [0.3, 0.4) is 0 Å².